The Bertz CT molecular complexity index is 628. The molecular formula is C16H17ClN2O3. The van der Waals surface area contributed by atoms with Crippen molar-refractivity contribution in [1.82, 2.24) is 10.2 Å². The molecule has 2 fully saturated rings. The fourth-order valence-electron chi connectivity index (χ4n) is 2.65. The topological polar surface area (TPSA) is 66.5 Å². The summed E-state index contributed by atoms with van der Waals surface area (Å²) < 4.78 is 0. The van der Waals surface area contributed by atoms with Gasteiger partial charge in [0.25, 0.3) is 5.91 Å². The molecule has 6 heteroatoms. The van der Waals surface area contributed by atoms with Gasteiger partial charge in [0.05, 0.1) is 0 Å². The average molecular weight is 321 g/mol. The van der Waals surface area contributed by atoms with Gasteiger partial charge in [-0.3, -0.25) is 14.4 Å². The van der Waals surface area contributed by atoms with Gasteiger partial charge in [-0.1, -0.05) is 29.8 Å². The lowest BCUT2D eigenvalue weighted by atomic mass is 10.1. The first-order valence-electron chi connectivity index (χ1n) is 7.44. The van der Waals surface area contributed by atoms with Crippen molar-refractivity contribution < 1.29 is 14.4 Å². The number of amides is 2. The van der Waals surface area contributed by atoms with Crippen molar-refractivity contribution >= 4 is 29.2 Å². The van der Waals surface area contributed by atoms with Crippen LogP contribution in [0.5, 0.6) is 0 Å². The average Bonchev–Trinajstić information content (AvgIpc) is 3.24. The number of hydrogen-bond acceptors (Lipinski definition) is 3. The van der Waals surface area contributed by atoms with Crippen LogP contribution >= 0.6 is 11.6 Å². The number of hydrogen-bond donors (Lipinski definition) is 1. The Morgan fingerprint density at radius 3 is 2.64 bits per heavy atom. The number of carbonyl (C=O) groups excluding carboxylic acids is 3. The third kappa shape index (κ3) is 3.14. The molecule has 1 heterocycles. The van der Waals surface area contributed by atoms with E-state index in [9.17, 15) is 14.4 Å². The number of benzene rings is 1. The first-order chi connectivity index (χ1) is 10.6. The summed E-state index contributed by atoms with van der Waals surface area (Å²) in [4.78, 5) is 37.8. The van der Waals surface area contributed by atoms with E-state index in [1.165, 1.54) is 4.90 Å². The van der Waals surface area contributed by atoms with E-state index in [4.69, 9.17) is 11.6 Å². The molecule has 1 aliphatic carbocycles. The smallest absolute Gasteiger partial charge is 0.289 e. The number of ketones is 1. The maximum Gasteiger partial charge on any atom is 0.289 e. The number of nitrogens with zero attached hydrogens (tertiary/aromatic N) is 1. The minimum Gasteiger partial charge on any atom is -0.347 e. The summed E-state index contributed by atoms with van der Waals surface area (Å²) in [5.41, 5.74) is 0.778. The van der Waals surface area contributed by atoms with Gasteiger partial charge in [0.1, 0.15) is 6.04 Å². The summed E-state index contributed by atoms with van der Waals surface area (Å²) in [5, 5.41) is 3.24. The SMILES string of the molecule is O=C(NC1CC1)C(=O)C1CCC(=O)N1Cc1ccccc1Cl. The van der Waals surface area contributed by atoms with E-state index >= 15 is 0 Å². The van der Waals surface area contributed by atoms with Gasteiger partial charge < -0.3 is 10.2 Å². The van der Waals surface area contributed by atoms with Crippen molar-refractivity contribution in [3.8, 4) is 0 Å². The molecule has 1 aromatic rings. The molecule has 1 aromatic carbocycles. The van der Waals surface area contributed by atoms with E-state index in [2.05, 4.69) is 5.32 Å². The number of likely N-dealkylation sites (tertiary alicyclic amines) is 1. The molecule has 1 atom stereocenters. The summed E-state index contributed by atoms with van der Waals surface area (Å²) in [5.74, 6) is -1.21. The van der Waals surface area contributed by atoms with Gasteiger partial charge in [-0.15, -0.1) is 0 Å². The number of rotatable bonds is 5. The molecule has 3 rings (SSSR count). The van der Waals surface area contributed by atoms with Crippen LogP contribution in [0.25, 0.3) is 0 Å². The Morgan fingerprint density at radius 1 is 1.23 bits per heavy atom. The van der Waals surface area contributed by atoms with Gasteiger partial charge in [0, 0.05) is 24.0 Å². The van der Waals surface area contributed by atoms with E-state index in [0.717, 1.165) is 18.4 Å². The highest BCUT2D eigenvalue weighted by molar-refractivity contribution is 6.38. The molecule has 1 saturated heterocycles. The first kappa shape index (κ1) is 15.0. The second-order valence-electron chi connectivity index (χ2n) is 5.78. The van der Waals surface area contributed by atoms with Crippen LogP contribution in [-0.2, 0) is 20.9 Å². The van der Waals surface area contributed by atoms with E-state index < -0.39 is 17.7 Å². The molecule has 5 nitrogen and oxygen atoms in total. The monoisotopic (exact) mass is 320 g/mol. The Hall–Kier alpha value is -1.88. The lowest BCUT2D eigenvalue weighted by Gasteiger charge is -2.24. The number of halogens is 1. The van der Waals surface area contributed by atoms with Gasteiger partial charge in [-0.05, 0) is 30.9 Å². The van der Waals surface area contributed by atoms with E-state index in [1.807, 2.05) is 18.2 Å². The van der Waals surface area contributed by atoms with E-state index in [-0.39, 0.29) is 24.9 Å². The van der Waals surface area contributed by atoms with Crippen molar-refractivity contribution in [2.24, 2.45) is 0 Å². The summed E-state index contributed by atoms with van der Waals surface area (Å²) in [6.07, 6.45) is 2.52. The Labute approximate surface area is 133 Å². The van der Waals surface area contributed by atoms with Crippen molar-refractivity contribution in [3.63, 3.8) is 0 Å². The molecule has 0 bridgehead atoms. The lowest BCUT2D eigenvalue weighted by Crippen LogP contribution is -2.45. The summed E-state index contributed by atoms with van der Waals surface area (Å²) in [6.45, 7) is 0.256. The van der Waals surface area contributed by atoms with Crippen LogP contribution in [-0.4, -0.2) is 34.6 Å². The quantitative estimate of drug-likeness (QED) is 0.839. The summed E-state index contributed by atoms with van der Waals surface area (Å²) in [6, 6.07) is 6.66. The molecule has 22 heavy (non-hydrogen) atoms. The molecule has 1 saturated carbocycles. The number of carbonyl (C=O) groups is 3. The van der Waals surface area contributed by atoms with Crippen LogP contribution < -0.4 is 5.32 Å². The molecule has 1 unspecified atom stereocenters. The normalized spacial score (nSPS) is 21.0. The van der Waals surface area contributed by atoms with Crippen LogP contribution in [0.2, 0.25) is 5.02 Å². The van der Waals surface area contributed by atoms with Gasteiger partial charge >= 0.3 is 0 Å². The van der Waals surface area contributed by atoms with E-state index in [1.54, 1.807) is 6.07 Å². The molecule has 0 spiro atoms. The highest BCUT2D eigenvalue weighted by atomic mass is 35.5. The van der Waals surface area contributed by atoms with Crippen LogP contribution in [0, 0.1) is 0 Å². The maximum absolute atomic E-state index is 12.3. The predicted octanol–water partition coefficient (Wildman–Crippen LogP) is 1.68. The molecule has 1 aliphatic heterocycles. The molecule has 0 aromatic heterocycles. The number of Topliss-reactive ketones (excluding diaryl/α,β-unsaturated/α-hetero) is 1. The van der Waals surface area contributed by atoms with Crippen LogP contribution in [0.1, 0.15) is 31.2 Å². The Morgan fingerprint density at radius 2 is 1.95 bits per heavy atom. The van der Waals surface area contributed by atoms with Crippen molar-refractivity contribution in [2.75, 3.05) is 0 Å². The number of nitrogens with one attached hydrogen (secondary N) is 1. The fraction of sp³-hybridized carbons (Fsp3) is 0.438. The van der Waals surface area contributed by atoms with Gasteiger partial charge in [-0.25, -0.2) is 0 Å². The largest absolute Gasteiger partial charge is 0.347 e. The van der Waals surface area contributed by atoms with Crippen molar-refractivity contribution in [3.05, 3.63) is 34.9 Å². The van der Waals surface area contributed by atoms with E-state index in [0.29, 0.717) is 11.4 Å². The zero-order chi connectivity index (χ0) is 15.7. The second kappa shape index (κ2) is 6.08. The molecule has 1 N–H and O–H groups in total. The Kier molecular flexibility index (Phi) is 4.16. The van der Waals surface area contributed by atoms with Crippen molar-refractivity contribution in [1.29, 1.82) is 0 Å². The molecule has 116 valence electrons. The van der Waals surface area contributed by atoms with Gasteiger partial charge in [-0.2, -0.15) is 0 Å². The highest BCUT2D eigenvalue weighted by Crippen LogP contribution is 2.26. The van der Waals surface area contributed by atoms with Gasteiger partial charge in [0.15, 0.2) is 0 Å². The van der Waals surface area contributed by atoms with Gasteiger partial charge in [0.2, 0.25) is 11.7 Å². The standard InChI is InChI=1S/C16H17ClN2O3/c17-12-4-2-1-3-10(12)9-19-13(7-8-14(19)20)15(21)16(22)18-11-5-6-11/h1-4,11,13H,5-9H2,(H,18,22). The Balaban J connectivity index is 1.72. The van der Waals surface area contributed by atoms with Crippen LogP contribution in [0.15, 0.2) is 24.3 Å². The molecule has 0 radical (unpaired) electrons. The molecule has 2 amide bonds. The minimum atomic E-state index is -0.678. The zero-order valence-electron chi connectivity index (χ0n) is 12.0. The summed E-state index contributed by atoms with van der Waals surface area (Å²) in [7, 11) is 0. The fourth-order valence-corrected chi connectivity index (χ4v) is 2.85. The predicted molar refractivity (Wildman–Crippen MR) is 81.2 cm³/mol. The summed E-state index contributed by atoms with van der Waals surface area (Å²) >= 11 is 6.12. The molecular weight excluding hydrogens is 304 g/mol. The third-order valence-corrected chi connectivity index (χ3v) is 4.43. The third-order valence-electron chi connectivity index (χ3n) is 4.07. The second-order valence-corrected chi connectivity index (χ2v) is 6.19. The lowest BCUT2D eigenvalue weighted by molar-refractivity contribution is -0.143. The minimum absolute atomic E-state index is 0.113. The first-order valence-corrected chi connectivity index (χ1v) is 7.81. The van der Waals surface area contributed by atoms with Crippen LogP contribution in [0.3, 0.4) is 0 Å². The maximum atomic E-state index is 12.3. The zero-order valence-corrected chi connectivity index (χ0v) is 12.8. The van der Waals surface area contributed by atoms with Crippen molar-refractivity contribution in [2.45, 2.75) is 44.3 Å². The van der Waals surface area contributed by atoms with Crippen LogP contribution in [0.4, 0.5) is 0 Å². The highest BCUT2D eigenvalue weighted by Gasteiger charge is 2.40. The molecule has 2 aliphatic rings.